The van der Waals surface area contributed by atoms with Gasteiger partial charge in [-0.15, -0.1) is 0 Å². The van der Waals surface area contributed by atoms with Gasteiger partial charge in [0.05, 0.1) is 23.3 Å². The molecule has 2 atom stereocenters. The lowest BCUT2D eigenvalue weighted by atomic mass is 9.82. The highest BCUT2D eigenvalue weighted by atomic mass is 16.7. The second-order valence-electron chi connectivity index (χ2n) is 7.26. The average molecular weight is 292 g/mol. The van der Waals surface area contributed by atoms with Crippen molar-refractivity contribution >= 4 is 12.6 Å². The molecule has 0 bridgehead atoms. The molecule has 0 spiro atoms. The summed E-state index contributed by atoms with van der Waals surface area (Å²) in [5.74, 6) is 0. The van der Waals surface area contributed by atoms with Crippen LogP contribution in [0.2, 0.25) is 0 Å². The van der Waals surface area contributed by atoms with Crippen LogP contribution in [-0.2, 0) is 9.31 Å². The lowest BCUT2D eigenvalue weighted by Gasteiger charge is -2.32. The zero-order valence-electron chi connectivity index (χ0n) is 13.4. The van der Waals surface area contributed by atoms with Crippen LogP contribution in [0.15, 0.2) is 12.4 Å². The fourth-order valence-electron chi connectivity index (χ4n) is 3.04. The third kappa shape index (κ3) is 2.65. The number of nitrogens with zero attached hydrogens (tertiary/aromatic N) is 2. The summed E-state index contributed by atoms with van der Waals surface area (Å²) in [4.78, 5) is 0. The molecule has 1 aliphatic heterocycles. The van der Waals surface area contributed by atoms with Crippen LogP contribution in [-0.4, -0.2) is 39.3 Å². The van der Waals surface area contributed by atoms with E-state index in [9.17, 15) is 5.11 Å². The van der Waals surface area contributed by atoms with Crippen molar-refractivity contribution < 1.29 is 14.4 Å². The molecule has 1 aromatic heterocycles. The molecule has 1 saturated carbocycles. The second kappa shape index (κ2) is 5.11. The fraction of sp³-hybridized carbons (Fsp3) is 0.800. The maximum atomic E-state index is 10.1. The average Bonchev–Trinajstić information content (AvgIpc) is 2.94. The lowest BCUT2D eigenvalue weighted by molar-refractivity contribution is 0.00578. The minimum absolute atomic E-state index is 0.0786. The molecule has 0 amide bonds. The van der Waals surface area contributed by atoms with Gasteiger partial charge in [0.25, 0.3) is 0 Å². The first kappa shape index (κ1) is 15.1. The summed E-state index contributed by atoms with van der Waals surface area (Å²) in [5, 5.41) is 14.6. The topological polar surface area (TPSA) is 56.5 Å². The van der Waals surface area contributed by atoms with Gasteiger partial charge in [0, 0.05) is 17.9 Å². The molecule has 0 aromatic carbocycles. The third-order valence-corrected chi connectivity index (χ3v) is 5.18. The van der Waals surface area contributed by atoms with E-state index in [1.807, 2.05) is 38.6 Å². The number of hydrogen-bond acceptors (Lipinski definition) is 4. The van der Waals surface area contributed by atoms with E-state index in [-0.39, 0.29) is 30.5 Å². The summed E-state index contributed by atoms with van der Waals surface area (Å²) in [7, 11) is -0.385. The quantitative estimate of drug-likeness (QED) is 0.842. The van der Waals surface area contributed by atoms with Crippen LogP contribution in [0.5, 0.6) is 0 Å². The Labute approximate surface area is 126 Å². The van der Waals surface area contributed by atoms with Crippen LogP contribution in [0.3, 0.4) is 0 Å². The van der Waals surface area contributed by atoms with Crippen molar-refractivity contribution in [1.82, 2.24) is 9.78 Å². The van der Waals surface area contributed by atoms with Crippen molar-refractivity contribution in [2.45, 2.75) is 76.7 Å². The zero-order chi connectivity index (χ0) is 15.3. The predicted molar refractivity (Wildman–Crippen MR) is 81.5 cm³/mol. The van der Waals surface area contributed by atoms with Crippen LogP contribution >= 0.6 is 0 Å². The Kier molecular flexibility index (Phi) is 3.67. The molecule has 21 heavy (non-hydrogen) atoms. The molecule has 2 unspecified atom stereocenters. The summed E-state index contributed by atoms with van der Waals surface area (Å²) >= 11 is 0. The number of aromatic nitrogens is 2. The highest BCUT2D eigenvalue weighted by Gasteiger charge is 2.52. The number of hydrogen-bond donors (Lipinski definition) is 1. The fourth-order valence-corrected chi connectivity index (χ4v) is 3.04. The summed E-state index contributed by atoms with van der Waals surface area (Å²) in [6, 6.07) is 0.0786. The maximum absolute atomic E-state index is 10.1. The van der Waals surface area contributed by atoms with Gasteiger partial charge in [-0.1, -0.05) is 12.8 Å². The van der Waals surface area contributed by atoms with Gasteiger partial charge in [0.1, 0.15) is 0 Å². The Morgan fingerprint density at radius 3 is 2.43 bits per heavy atom. The first-order chi connectivity index (χ1) is 9.80. The van der Waals surface area contributed by atoms with Gasteiger partial charge in [-0.3, -0.25) is 4.68 Å². The molecule has 116 valence electrons. The van der Waals surface area contributed by atoms with E-state index in [1.54, 1.807) is 6.20 Å². The standard InChI is InChI=1S/C15H25BN2O3/c1-14(2)15(3,4)21-16(20-14)11-9-17-18(10-11)12-7-5-6-8-13(12)19/h9-10,12-13,19H,5-8H2,1-4H3. The molecule has 2 fully saturated rings. The summed E-state index contributed by atoms with van der Waals surface area (Å²) in [6.07, 6.45) is 7.54. The molecule has 2 aliphatic rings. The first-order valence-electron chi connectivity index (χ1n) is 7.88. The van der Waals surface area contributed by atoms with Gasteiger partial charge in [-0.25, -0.2) is 0 Å². The second-order valence-corrected chi connectivity index (χ2v) is 7.26. The van der Waals surface area contributed by atoms with E-state index < -0.39 is 0 Å². The Morgan fingerprint density at radius 2 is 1.81 bits per heavy atom. The van der Waals surface area contributed by atoms with Gasteiger partial charge in [-0.05, 0) is 40.5 Å². The van der Waals surface area contributed by atoms with E-state index in [0.29, 0.717) is 0 Å². The van der Waals surface area contributed by atoms with Crippen LogP contribution in [0, 0.1) is 0 Å². The number of aliphatic hydroxyl groups is 1. The Morgan fingerprint density at radius 1 is 1.19 bits per heavy atom. The van der Waals surface area contributed by atoms with Crippen LogP contribution in [0.4, 0.5) is 0 Å². The van der Waals surface area contributed by atoms with Gasteiger partial charge in [0.15, 0.2) is 0 Å². The van der Waals surface area contributed by atoms with Crippen molar-refractivity contribution in [1.29, 1.82) is 0 Å². The summed E-state index contributed by atoms with van der Waals surface area (Å²) in [6.45, 7) is 8.18. The molecule has 1 aromatic rings. The molecule has 5 nitrogen and oxygen atoms in total. The lowest BCUT2D eigenvalue weighted by Crippen LogP contribution is -2.41. The zero-order valence-corrected chi connectivity index (χ0v) is 13.4. The molecule has 3 rings (SSSR count). The van der Waals surface area contributed by atoms with E-state index in [4.69, 9.17) is 9.31 Å². The van der Waals surface area contributed by atoms with Gasteiger partial charge in [0.2, 0.25) is 0 Å². The van der Waals surface area contributed by atoms with Crippen molar-refractivity contribution in [2.75, 3.05) is 0 Å². The van der Waals surface area contributed by atoms with Crippen molar-refractivity contribution in [3.8, 4) is 0 Å². The summed E-state index contributed by atoms with van der Waals surface area (Å²) < 4.78 is 14.0. The maximum Gasteiger partial charge on any atom is 0.498 e. The Hall–Kier alpha value is -0.845. The van der Waals surface area contributed by atoms with E-state index in [2.05, 4.69) is 5.10 Å². The van der Waals surface area contributed by atoms with Crippen molar-refractivity contribution in [3.63, 3.8) is 0 Å². The predicted octanol–water partition coefficient (Wildman–Crippen LogP) is 1.66. The summed E-state index contributed by atoms with van der Waals surface area (Å²) in [5.41, 5.74) is 0.236. The highest BCUT2D eigenvalue weighted by molar-refractivity contribution is 6.61. The molecule has 1 saturated heterocycles. The Bertz CT molecular complexity index is 499. The minimum Gasteiger partial charge on any atom is -0.399 e. The monoisotopic (exact) mass is 292 g/mol. The van der Waals surface area contributed by atoms with E-state index in [0.717, 1.165) is 31.1 Å². The minimum atomic E-state index is -0.385. The molecule has 1 aliphatic carbocycles. The van der Waals surface area contributed by atoms with Crippen LogP contribution in [0.25, 0.3) is 0 Å². The number of aliphatic hydroxyl groups excluding tert-OH is 1. The highest BCUT2D eigenvalue weighted by Crippen LogP contribution is 2.36. The molecule has 0 radical (unpaired) electrons. The normalized spacial score (nSPS) is 31.6. The van der Waals surface area contributed by atoms with Gasteiger partial charge >= 0.3 is 7.12 Å². The third-order valence-electron chi connectivity index (χ3n) is 5.18. The van der Waals surface area contributed by atoms with Crippen LogP contribution in [0.1, 0.15) is 59.4 Å². The molecule has 1 N–H and O–H groups in total. The van der Waals surface area contributed by atoms with Gasteiger partial charge < -0.3 is 14.4 Å². The molecular weight excluding hydrogens is 267 g/mol. The van der Waals surface area contributed by atoms with Crippen molar-refractivity contribution in [2.24, 2.45) is 0 Å². The molecule has 6 heteroatoms. The number of rotatable bonds is 2. The smallest absolute Gasteiger partial charge is 0.399 e. The van der Waals surface area contributed by atoms with E-state index in [1.165, 1.54) is 0 Å². The van der Waals surface area contributed by atoms with E-state index >= 15 is 0 Å². The molecule has 2 heterocycles. The Balaban J connectivity index is 1.77. The SMILES string of the molecule is CC1(C)OB(c2cnn(C3CCCCC3O)c2)OC1(C)C. The first-order valence-corrected chi connectivity index (χ1v) is 7.88. The largest absolute Gasteiger partial charge is 0.498 e. The van der Waals surface area contributed by atoms with Crippen molar-refractivity contribution in [3.05, 3.63) is 12.4 Å². The molecular formula is C15H25BN2O3. The van der Waals surface area contributed by atoms with Crippen LogP contribution < -0.4 is 5.46 Å². The van der Waals surface area contributed by atoms with Gasteiger partial charge in [-0.2, -0.15) is 5.10 Å².